The summed E-state index contributed by atoms with van der Waals surface area (Å²) in [5, 5.41) is 11.1. The Morgan fingerprint density at radius 2 is 1.82 bits per heavy atom. The van der Waals surface area contributed by atoms with E-state index in [2.05, 4.69) is 16.5 Å². The SMILES string of the molecule is C=CCOc1ccc(C(O)=C2C(=O)C(=O)N(CCCN3CCOCC3)[C@@H]2c2ccncc2)cc1. The summed E-state index contributed by atoms with van der Waals surface area (Å²) in [6, 6.07) is 9.61. The second kappa shape index (κ2) is 11.1. The van der Waals surface area contributed by atoms with Crippen LogP contribution in [0.4, 0.5) is 0 Å². The number of aromatic nitrogens is 1. The summed E-state index contributed by atoms with van der Waals surface area (Å²) in [7, 11) is 0. The summed E-state index contributed by atoms with van der Waals surface area (Å²) < 4.78 is 10.9. The molecule has 34 heavy (non-hydrogen) atoms. The highest BCUT2D eigenvalue weighted by molar-refractivity contribution is 6.46. The topological polar surface area (TPSA) is 92.2 Å². The van der Waals surface area contributed by atoms with Crippen molar-refractivity contribution in [2.75, 3.05) is 46.0 Å². The number of pyridine rings is 1. The molecule has 178 valence electrons. The third kappa shape index (κ3) is 5.18. The lowest BCUT2D eigenvalue weighted by Gasteiger charge is -2.29. The van der Waals surface area contributed by atoms with Gasteiger partial charge in [-0.05, 0) is 48.4 Å². The molecule has 1 aromatic heterocycles. The maximum atomic E-state index is 13.1. The van der Waals surface area contributed by atoms with Gasteiger partial charge in [0.15, 0.2) is 0 Å². The molecule has 0 spiro atoms. The van der Waals surface area contributed by atoms with Gasteiger partial charge in [-0.2, -0.15) is 0 Å². The fraction of sp³-hybridized carbons (Fsp3) is 0.346. The van der Waals surface area contributed by atoms with Crippen molar-refractivity contribution in [3.63, 3.8) is 0 Å². The van der Waals surface area contributed by atoms with Crippen LogP contribution >= 0.6 is 0 Å². The zero-order valence-corrected chi connectivity index (χ0v) is 19.1. The van der Waals surface area contributed by atoms with Gasteiger partial charge in [-0.3, -0.25) is 19.5 Å². The summed E-state index contributed by atoms with van der Waals surface area (Å²) in [4.78, 5) is 34.1. The van der Waals surface area contributed by atoms with Gasteiger partial charge in [-0.15, -0.1) is 0 Å². The van der Waals surface area contributed by atoms with Crippen LogP contribution in [0, 0.1) is 0 Å². The Morgan fingerprint density at radius 3 is 2.50 bits per heavy atom. The van der Waals surface area contributed by atoms with E-state index in [1.165, 1.54) is 0 Å². The largest absolute Gasteiger partial charge is 0.507 e. The van der Waals surface area contributed by atoms with Gasteiger partial charge in [0.1, 0.15) is 18.1 Å². The molecule has 2 saturated heterocycles. The van der Waals surface area contributed by atoms with E-state index in [-0.39, 0.29) is 11.3 Å². The zero-order valence-electron chi connectivity index (χ0n) is 19.1. The molecule has 0 bridgehead atoms. The Bertz CT molecular complexity index is 1050. The number of hydrogen-bond donors (Lipinski definition) is 1. The molecule has 2 aliphatic heterocycles. The standard InChI is InChI=1S/C26H29N3O5/c1-2-16-34-21-6-4-20(5-7-21)24(30)22-23(19-8-10-27-11-9-19)29(26(32)25(22)31)13-3-12-28-14-17-33-18-15-28/h2,4-11,23,30H,1,3,12-18H2/t23-/m1/s1. The minimum atomic E-state index is -0.683. The Morgan fingerprint density at radius 1 is 1.12 bits per heavy atom. The van der Waals surface area contributed by atoms with E-state index in [9.17, 15) is 14.7 Å². The first-order chi connectivity index (χ1) is 16.6. The van der Waals surface area contributed by atoms with Gasteiger partial charge in [-0.1, -0.05) is 12.7 Å². The van der Waals surface area contributed by atoms with Crippen LogP contribution in [-0.2, 0) is 14.3 Å². The van der Waals surface area contributed by atoms with E-state index in [4.69, 9.17) is 9.47 Å². The number of likely N-dealkylation sites (tertiary alicyclic amines) is 1. The van der Waals surface area contributed by atoms with Gasteiger partial charge < -0.3 is 19.5 Å². The molecule has 0 aliphatic carbocycles. The van der Waals surface area contributed by atoms with Crippen LogP contribution in [-0.4, -0.2) is 77.6 Å². The van der Waals surface area contributed by atoms with Gasteiger partial charge >= 0.3 is 0 Å². The summed E-state index contributed by atoms with van der Waals surface area (Å²) in [5.41, 5.74) is 1.26. The predicted octanol–water partition coefficient (Wildman–Crippen LogP) is 2.79. The number of morpholine rings is 1. The van der Waals surface area contributed by atoms with E-state index in [1.807, 2.05) is 0 Å². The molecule has 0 radical (unpaired) electrons. The third-order valence-corrected chi connectivity index (χ3v) is 6.03. The van der Waals surface area contributed by atoms with E-state index in [1.54, 1.807) is 59.8 Å². The quantitative estimate of drug-likeness (QED) is 0.265. The molecular weight excluding hydrogens is 434 g/mol. The summed E-state index contributed by atoms with van der Waals surface area (Å²) >= 11 is 0. The van der Waals surface area contributed by atoms with E-state index in [0.717, 1.165) is 25.2 Å². The molecule has 8 heteroatoms. The number of rotatable bonds is 9. The summed E-state index contributed by atoms with van der Waals surface area (Å²) in [5.74, 6) is -0.870. The molecule has 3 heterocycles. The number of ketones is 1. The number of aliphatic hydroxyl groups excluding tert-OH is 1. The number of hydrogen-bond acceptors (Lipinski definition) is 7. The Hall–Kier alpha value is -3.49. The average Bonchev–Trinajstić information content (AvgIpc) is 3.13. The lowest BCUT2D eigenvalue weighted by molar-refractivity contribution is -0.140. The van der Waals surface area contributed by atoms with E-state index < -0.39 is 17.7 Å². The van der Waals surface area contributed by atoms with Crippen molar-refractivity contribution >= 4 is 17.4 Å². The number of ether oxygens (including phenoxy) is 2. The molecule has 0 unspecified atom stereocenters. The number of carbonyl (C=O) groups excluding carboxylic acids is 2. The van der Waals surface area contributed by atoms with Crippen molar-refractivity contribution < 1.29 is 24.2 Å². The summed E-state index contributed by atoms with van der Waals surface area (Å²) in [6.45, 7) is 8.33. The van der Waals surface area contributed by atoms with Gasteiger partial charge in [0.2, 0.25) is 0 Å². The number of amides is 1. The average molecular weight is 464 g/mol. The highest BCUT2D eigenvalue weighted by Crippen LogP contribution is 2.39. The molecule has 1 N–H and O–H groups in total. The highest BCUT2D eigenvalue weighted by atomic mass is 16.5. The van der Waals surface area contributed by atoms with Crippen LogP contribution in [0.1, 0.15) is 23.6 Å². The van der Waals surface area contributed by atoms with Crippen LogP contribution in [0.2, 0.25) is 0 Å². The summed E-state index contributed by atoms with van der Waals surface area (Å²) in [6.07, 6.45) is 5.59. The Balaban J connectivity index is 1.61. The van der Waals surface area contributed by atoms with Crippen LogP contribution in [0.3, 0.4) is 0 Å². The number of benzene rings is 1. The van der Waals surface area contributed by atoms with Gasteiger partial charge in [-0.25, -0.2) is 0 Å². The van der Waals surface area contributed by atoms with Gasteiger partial charge in [0.05, 0.1) is 24.8 Å². The lowest BCUT2D eigenvalue weighted by Crippen LogP contribution is -2.38. The minimum Gasteiger partial charge on any atom is -0.507 e. The monoisotopic (exact) mass is 463 g/mol. The Kier molecular flexibility index (Phi) is 7.72. The van der Waals surface area contributed by atoms with Crippen LogP contribution in [0.25, 0.3) is 5.76 Å². The maximum Gasteiger partial charge on any atom is 0.295 e. The smallest absolute Gasteiger partial charge is 0.295 e. The number of aliphatic hydroxyl groups is 1. The van der Waals surface area contributed by atoms with Crippen LogP contribution in [0.15, 0.2) is 67.0 Å². The molecule has 1 aromatic carbocycles. The third-order valence-electron chi connectivity index (χ3n) is 6.03. The van der Waals surface area contributed by atoms with Crippen molar-refractivity contribution in [1.82, 2.24) is 14.8 Å². The maximum absolute atomic E-state index is 13.1. The lowest BCUT2D eigenvalue weighted by atomic mass is 9.96. The van der Waals surface area contributed by atoms with Crippen molar-refractivity contribution in [3.05, 3.63) is 78.1 Å². The first kappa shape index (κ1) is 23.7. The number of nitrogens with zero attached hydrogens (tertiary/aromatic N) is 3. The molecular formula is C26H29N3O5. The first-order valence-corrected chi connectivity index (χ1v) is 11.4. The zero-order chi connectivity index (χ0) is 23.9. The van der Waals surface area contributed by atoms with Crippen LogP contribution in [0.5, 0.6) is 5.75 Å². The second-order valence-electron chi connectivity index (χ2n) is 8.20. The molecule has 1 amide bonds. The molecule has 2 aliphatic rings. The number of Topliss-reactive ketones (excluding diaryl/α,β-unsaturated/α-hetero) is 1. The fourth-order valence-corrected chi connectivity index (χ4v) is 4.31. The number of carbonyl (C=O) groups is 2. The van der Waals surface area contributed by atoms with E-state index in [0.29, 0.717) is 44.1 Å². The van der Waals surface area contributed by atoms with Gasteiger partial charge in [0.25, 0.3) is 11.7 Å². The van der Waals surface area contributed by atoms with Crippen molar-refractivity contribution in [2.24, 2.45) is 0 Å². The normalized spacial score (nSPS) is 20.5. The van der Waals surface area contributed by atoms with Crippen molar-refractivity contribution in [1.29, 1.82) is 0 Å². The molecule has 8 nitrogen and oxygen atoms in total. The molecule has 2 fully saturated rings. The van der Waals surface area contributed by atoms with Crippen molar-refractivity contribution in [3.8, 4) is 5.75 Å². The minimum absolute atomic E-state index is 0.0855. The molecule has 1 atom stereocenters. The van der Waals surface area contributed by atoms with Crippen molar-refractivity contribution in [2.45, 2.75) is 12.5 Å². The van der Waals surface area contributed by atoms with Gasteiger partial charge in [0, 0.05) is 44.1 Å². The Labute approximate surface area is 199 Å². The molecule has 4 rings (SSSR count). The second-order valence-corrected chi connectivity index (χ2v) is 8.20. The molecule has 2 aromatic rings. The highest BCUT2D eigenvalue weighted by Gasteiger charge is 2.45. The van der Waals surface area contributed by atoms with Crippen LogP contribution < -0.4 is 4.74 Å². The van der Waals surface area contributed by atoms with E-state index >= 15 is 0 Å². The predicted molar refractivity (Wildman–Crippen MR) is 127 cm³/mol. The first-order valence-electron chi connectivity index (χ1n) is 11.4. The fourth-order valence-electron chi connectivity index (χ4n) is 4.31. The molecule has 0 saturated carbocycles.